The van der Waals surface area contributed by atoms with E-state index in [-0.39, 0.29) is 10.8 Å². The topological polar surface area (TPSA) is 47.3 Å². The number of aryl methyl sites for hydroxylation is 1. The van der Waals surface area contributed by atoms with E-state index in [1.165, 1.54) is 11.1 Å². The lowest BCUT2D eigenvalue weighted by molar-refractivity contribution is -0.129. The van der Waals surface area contributed by atoms with Crippen LogP contribution in [-0.2, 0) is 11.2 Å². The molecule has 4 unspecified atom stereocenters. The lowest BCUT2D eigenvalue weighted by atomic mass is 9.55. The number of hydrogen-bond acceptors (Lipinski definition) is 3. The molecule has 36 heavy (non-hydrogen) atoms. The molecule has 0 amide bonds. The van der Waals surface area contributed by atoms with Crippen LogP contribution in [-0.4, -0.2) is 5.78 Å². The smallest absolute Gasteiger partial charge is 0.201 e. The molecule has 2 saturated carbocycles. The summed E-state index contributed by atoms with van der Waals surface area (Å²) in [6.07, 6.45) is 5.86. The van der Waals surface area contributed by atoms with Crippen LogP contribution in [0.3, 0.4) is 0 Å². The molecular weight excluding hydrogens is 444 g/mol. The van der Waals surface area contributed by atoms with Gasteiger partial charge in [0, 0.05) is 17.4 Å². The van der Waals surface area contributed by atoms with E-state index in [2.05, 4.69) is 19.1 Å². The number of fused-ring (bicyclic) bond motifs is 6. The van der Waals surface area contributed by atoms with Gasteiger partial charge in [0.1, 0.15) is 17.1 Å². The van der Waals surface area contributed by atoms with Crippen LogP contribution in [0, 0.1) is 17.3 Å². The summed E-state index contributed by atoms with van der Waals surface area (Å²) in [6.45, 7) is 2.21. The molecule has 3 heteroatoms. The maximum atomic E-state index is 14.1. The highest BCUT2D eigenvalue weighted by Crippen LogP contribution is 2.59. The first-order valence-corrected chi connectivity index (χ1v) is 13.3. The van der Waals surface area contributed by atoms with Gasteiger partial charge in [0.25, 0.3) is 0 Å². The van der Waals surface area contributed by atoms with Gasteiger partial charge in [0.15, 0.2) is 0 Å². The van der Waals surface area contributed by atoms with Crippen molar-refractivity contribution >= 4 is 16.8 Å². The second-order valence-electron chi connectivity index (χ2n) is 11.2. The minimum absolute atomic E-state index is 0.0305. The monoisotopic (exact) mass is 474 g/mol. The lowest BCUT2D eigenvalue weighted by Crippen LogP contribution is -2.42. The van der Waals surface area contributed by atoms with Crippen molar-refractivity contribution in [2.24, 2.45) is 17.3 Å². The van der Waals surface area contributed by atoms with Gasteiger partial charge in [0.2, 0.25) is 5.43 Å². The summed E-state index contributed by atoms with van der Waals surface area (Å²) in [5, 5.41) is 0.670. The van der Waals surface area contributed by atoms with Crippen molar-refractivity contribution in [1.29, 1.82) is 0 Å². The maximum absolute atomic E-state index is 14.1. The van der Waals surface area contributed by atoms with Crippen LogP contribution in [0.4, 0.5) is 0 Å². The molecule has 0 bridgehead atoms. The Hall–Kier alpha value is -3.46. The van der Waals surface area contributed by atoms with Gasteiger partial charge in [-0.05, 0) is 78.7 Å². The molecule has 1 heterocycles. The molecule has 0 spiro atoms. The molecule has 1 aromatic heterocycles. The van der Waals surface area contributed by atoms with Crippen molar-refractivity contribution in [1.82, 2.24) is 0 Å². The van der Waals surface area contributed by atoms with Gasteiger partial charge in [-0.3, -0.25) is 9.59 Å². The van der Waals surface area contributed by atoms with E-state index in [0.29, 0.717) is 45.8 Å². The number of Topliss-reactive ketones (excluding diaryl/α,β-unsaturated/α-hetero) is 1. The van der Waals surface area contributed by atoms with Crippen molar-refractivity contribution in [2.45, 2.75) is 51.4 Å². The summed E-state index contributed by atoms with van der Waals surface area (Å²) in [5.41, 5.74) is 5.60. The molecule has 7 rings (SSSR count). The summed E-state index contributed by atoms with van der Waals surface area (Å²) in [7, 11) is 0. The predicted octanol–water partition coefficient (Wildman–Crippen LogP) is 7.55. The molecule has 0 saturated heterocycles. The highest BCUT2D eigenvalue weighted by molar-refractivity contribution is 5.90. The molecular formula is C33H30O3. The number of rotatable bonds is 2. The van der Waals surface area contributed by atoms with Gasteiger partial charge in [-0.25, -0.2) is 0 Å². The zero-order chi connectivity index (χ0) is 24.4. The number of ketones is 1. The number of hydrogen-bond donors (Lipinski definition) is 0. The average molecular weight is 475 g/mol. The minimum atomic E-state index is -0.139. The van der Waals surface area contributed by atoms with Gasteiger partial charge >= 0.3 is 0 Å². The summed E-state index contributed by atoms with van der Waals surface area (Å²) < 4.78 is 6.57. The van der Waals surface area contributed by atoms with Crippen LogP contribution < -0.4 is 5.43 Å². The highest BCUT2D eigenvalue weighted by atomic mass is 16.3. The Bertz CT molecular complexity index is 1550. The van der Waals surface area contributed by atoms with Gasteiger partial charge in [-0.15, -0.1) is 0 Å². The van der Waals surface area contributed by atoms with Gasteiger partial charge in [-0.2, -0.15) is 0 Å². The van der Waals surface area contributed by atoms with E-state index in [4.69, 9.17) is 4.42 Å². The Morgan fingerprint density at radius 2 is 1.56 bits per heavy atom. The molecule has 2 fully saturated rings. The lowest BCUT2D eigenvalue weighted by Gasteiger charge is -2.48. The number of benzene rings is 3. The summed E-state index contributed by atoms with van der Waals surface area (Å²) in [6, 6.07) is 24.1. The van der Waals surface area contributed by atoms with E-state index in [9.17, 15) is 9.59 Å². The fourth-order valence-electron chi connectivity index (χ4n) is 7.69. The summed E-state index contributed by atoms with van der Waals surface area (Å²) in [5.74, 6) is 2.53. The van der Waals surface area contributed by atoms with Crippen LogP contribution in [0.5, 0.6) is 0 Å². The second-order valence-corrected chi connectivity index (χ2v) is 11.2. The molecule has 3 aliphatic carbocycles. The first kappa shape index (κ1) is 21.8. The highest BCUT2D eigenvalue weighted by Gasteiger charge is 2.54. The Morgan fingerprint density at radius 1 is 0.833 bits per heavy atom. The molecule has 3 nitrogen and oxygen atoms in total. The molecule has 3 aliphatic rings. The fraction of sp³-hybridized carbons (Fsp3) is 0.333. The summed E-state index contributed by atoms with van der Waals surface area (Å²) in [4.78, 5) is 26.9. The SMILES string of the molecule is CC12CCC3c4cc5c(=O)c(-c6ccccc6)c(-c6ccccc6)oc5cc4CCC3C1CCC2=O. The molecule has 0 aliphatic heterocycles. The van der Waals surface area contributed by atoms with Gasteiger partial charge in [-0.1, -0.05) is 67.6 Å². The van der Waals surface area contributed by atoms with Crippen LogP contribution in [0.1, 0.15) is 56.1 Å². The first-order chi connectivity index (χ1) is 17.5. The molecule has 180 valence electrons. The fourth-order valence-corrected chi connectivity index (χ4v) is 7.69. The van der Waals surface area contributed by atoms with E-state index in [1.54, 1.807) is 0 Å². The quantitative estimate of drug-likeness (QED) is 0.301. The van der Waals surface area contributed by atoms with Gasteiger partial charge < -0.3 is 4.42 Å². The van der Waals surface area contributed by atoms with Crippen LogP contribution >= 0.6 is 0 Å². The van der Waals surface area contributed by atoms with Crippen molar-refractivity contribution in [3.63, 3.8) is 0 Å². The van der Waals surface area contributed by atoms with Crippen LogP contribution in [0.25, 0.3) is 33.4 Å². The zero-order valence-corrected chi connectivity index (χ0v) is 20.6. The average Bonchev–Trinajstić information content (AvgIpc) is 3.22. The third-order valence-electron chi connectivity index (χ3n) is 9.54. The Balaban J connectivity index is 1.42. The largest absolute Gasteiger partial charge is 0.455 e. The number of carbonyl (C=O) groups excluding carboxylic acids is 1. The van der Waals surface area contributed by atoms with Crippen molar-refractivity contribution in [3.8, 4) is 22.5 Å². The maximum Gasteiger partial charge on any atom is 0.201 e. The van der Waals surface area contributed by atoms with Crippen molar-refractivity contribution in [3.05, 3.63) is 94.1 Å². The molecule has 0 radical (unpaired) electrons. The van der Waals surface area contributed by atoms with Crippen molar-refractivity contribution < 1.29 is 9.21 Å². The Morgan fingerprint density at radius 3 is 2.31 bits per heavy atom. The van der Waals surface area contributed by atoms with E-state index < -0.39 is 0 Å². The third-order valence-corrected chi connectivity index (χ3v) is 9.54. The number of carbonyl (C=O) groups is 1. The van der Waals surface area contributed by atoms with Gasteiger partial charge in [0.05, 0.1) is 10.9 Å². The van der Waals surface area contributed by atoms with E-state index >= 15 is 0 Å². The Labute approximate surface area is 211 Å². The third kappa shape index (κ3) is 3.11. The van der Waals surface area contributed by atoms with Crippen molar-refractivity contribution in [2.75, 3.05) is 0 Å². The van der Waals surface area contributed by atoms with E-state index in [1.807, 2.05) is 60.7 Å². The minimum Gasteiger partial charge on any atom is -0.455 e. The van der Waals surface area contributed by atoms with E-state index in [0.717, 1.165) is 49.7 Å². The molecule has 0 N–H and O–H groups in total. The second kappa shape index (κ2) is 8.03. The summed E-state index contributed by atoms with van der Waals surface area (Å²) >= 11 is 0. The van der Waals surface area contributed by atoms with Crippen LogP contribution in [0.15, 0.2) is 82.0 Å². The zero-order valence-electron chi connectivity index (χ0n) is 20.6. The first-order valence-electron chi connectivity index (χ1n) is 13.3. The molecule has 4 aromatic rings. The standard InChI is InChI=1S/C33H30O3/c1-33-17-16-23-24(27(33)14-15-29(33)34)13-12-22-18-28-26(19-25(22)23)31(35)30(20-8-4-2-5-9-20)32(36-28)21-10-6-3-7-11-21/h2-11,18-19,23-24,27H,12-17H2,1H3. The Kier molecular flexibility index (Phi) is 4.86. The predicted molar refractivity (Wildman–Crippen MR) is 143 cm³/mol. The molecule has 3 aromatic carbocycles. The normalized spacial score (nSPS) is 26.9. The van der Waals surface area contributed by atoms with Crippen LogP contribution in [0.2, 0.25) is 0 Å². The molecule has 4 atom stereocenters.